The molecule has 2 N–H and O–H groups in total. The van der Waals surface area contributed by atoms with E-state index < -0.39 is 0 Å². The van der Waals surface area contributed by atoms with E-state index in [1.165, 1.54) is 5.56 Å². The first-order valence-electron chi connectivity index (χ1n) is 4.97. The maximum atomic E-state index is 5.74. The minimum absolute atomic E-state index is 0.0336. The van der Waals surface area contributed by atoms with Gasteiger partial charge in [-0.15, -0.1) is 10.2 Å². The number of hydrogen-bond acceptors (Lipinski definition) is 4. The molecule has 0 saturated heterocycles. The molecule has 0 fully saturated rings. The molecule has 1 heterocycles. The third-order valence-electron chi connectivity index (χ3n) is 2.12. The number of nitrogens with two attached hydrogens (primary N) is 1. The van der Waals surface area contributed by atoms with Gasteiger partial charge in [0.25, 0.3) is 0 Å². The molecule has 0 amide bonds. The maximum Gasteiger partial charge on any atom is 0.133 e. The normalized spacial score (nSPS) is 12.7. The van der Waals surface area contributed by atoms with Crippen molar-refractivity contribution in [2.24, 2.45) is 5.73 Å². The van der Waals surface area contributed by atoms with Crippen LogP contribution in [0.1, 0.15) is 28.5 Å². The lowest BCUT2D eigenvalue weighted by atomic mass is 10.2. The van der Waals surface area contributed by atoms with Crippen LogP contribution in [0.15, 0.2) is 28.7 Å². The molecule has 16 heavy (non-hydrogen) atoms. The highest BCUT2D eigenvalue weighted by molar-refractivity contribution is 9.10. The first kappa shape index (κ1) is 11.7. The molecule has 1 atom stereocenters. The van der Waals surface area contributed by atoms with Gasteiger partial charge in [-0.25, -0.2) is 0 Å². The molecule has 2 aromatic rings. The molecular weight excluding hydrogens is 286 g/mol. The van der Waals surface area contributed by atoms with Crippen molar-refractivity contribution >= 4 is 27.3 Å². The van der Waals surface area contributed by atoms with Gasteiger partial charge < -0.3 is 5.73 Å². The topological polar surface area (TPSA) is 51.8 Å². The lowest BCUT2D eigenvalue weighted by Gasteiger charge is -1.98. The van der Waals surface area contributed by atoms with E-state index in [9.17, 15) is 0 Å². The van der Waals surface area contributed by atoms with Crippen LogP contribution in [-0.4, -0.2) is 10.2 Å². The quantitative estimate of drug-likeness (QED) is 0.948. The van der Waals surface area contributed by atoms with Crippen molar-refractivity contribution in [3.8, 4) is 0 Å². The molecule has 0 radical (unpaired) electrons. The van der Waals surface area contributed by atoms with Gasteiger partial charge in [-0.3, -0.25) is 0 Å². The molecule has 0 aliphatic heterocycles. The molecule has 3 nitrogen and oxygen atoms in total. The molecule has 84 valence electrons. The lowest BCUT2D eigenvalue weighted by Crippen LogP contribution is -2.03. The largest absolute Gasteiger partial charge is 0.322 e. The third kappa shape index (κ3) is 2.87. The summed E-state index contributed by atoms with van der Waals surface area (Å²) in [6, 6.07) is 8.17. The molecule has 0 aliphatic carbocycles. The predicted octanol–water partition coefficient (Wildman–Crippen LogP) is 2.91. The number of aromatic nitrogens is 2. The lowest BCUT2D eigenvalue weighted by molar-refractivity contribution is 0.782. The summed E-state index contributed by atoms with van der Waals surface area (Å²) in [6.07, 6.45) is 0.809. The maximum absolute atomic E-state index is 5.74. The zero-order chi connectivity index (χ0) is 11.5. The average Bonchev–Trinajstić information content (AvgIpc) is 2.66. The number of nitrogens with zero attached hydrogens (tertiary/aromatic N) is 2. The predicted molar refractivity (Wildman–Crippen MR) is 69.5 cm³/mol. The highest BCUT2D eigenvalue weighted by atomic mass is 79.9. The van der Waals surface area contributed by atoms with Gasteiger partial charge in [-0.2, -0.15) is 0 Å². The van der Waals surface area contributed by atoms with E-state index >= 15 is 0 Å². The number of halogens is 1. The summed E-state index contributed by atoms with van der Waals surface area (Å²) < 4.78 is 1.09. The van der Waals surface area contributed by atoms with Crippen LogP contribution < -0.4 is 5.73 Å². The number of benzene rings is 1. The van der Waals surface area contributed by atoms with Crippen molar-refractivity contribution in [1.82, 2.24) is 10.2 Å². The van der Waals surface area contributed by atoms with Crippen molar-refractivity contribution in [3.05, 3.63) is 44.3 Å². The highest BCUT2D eigenvalue weighted by Gasteiger charge is 2.08. The van der Waals surface area contributed by atoms with Gasteiger partial charge in [0.1, 0.15) is 10.0 Å². The van der Waals surface area contributed by atoms with Crippen molar-refractivity contribution in [1.29, 1.82) is 0 Å². The molecule has 1 aromatic carbocycles. The molecule has 1 aromatic heterocycles. The van der Waals surface area contributed by atoms with E-state index in [-0.39, 0.29) is 6.04 Å². The smallest absolute Gasteiger partial charge is 0.133 e. The van der Waals surface area contributed by atoms with E-state index in [1.54, 1.807) is 11.3 Å². The Labute approximate surface area is 107 Å². The van der Waals surface area contributed by atoms with Gasteiger partial charge in [0.05, 0.1) is 6.04 Å². The van der Waals surface area contributed by atoms with Crippen molar-refractivity contribution in [2.75, 3.05) is 0 Å². The molecule has 0 spiro atoms. The summed E-state index contributed by atoms with van der Waals surface area (Å²) in [5.74, 6) is 0. The van der Waals surface area contributed by atoms with Crippen LogP contribution in [-0.2, 0) is 6.42 Å². The third-order valence-corrected chi connectivity index (χ3v) is 3.73. The SMILES string of the molecule is CC(N)c1nnc(Cc2cccc(Br)c2)s1. The van der Waals surface area contributed by atoms with Crippen LogP contribution >= 0.6 is 27.3 Å². The summed E-state index contributed by atoms with van der Waals surface area (Å²) in [4.78, 5) is 0. The second-order valence-corrected chi connectivity index (χ2v) is 5.64. The second-order valence-electron chi connectivity index (χ2n) is 3.63. The van der Waals surface area contributed by atoms with Crippen LogP contribution in [0.3, 0.4) is 0 Å². The zero-order valence-corrected chi connectivity index (χ0v) is 11.3. The Morgan fingerprint density at radius 2 is 2.25 bits per heavy atom. The number of hydrogen-bond donors (Lipinski definition) is 1. The first-order valence-corrected chi connectivity index (χ1v) is 6.58. The summed E-state index contributed by atoms with van der Waals surface area (Å²) in [5.41, 5.74) is 6.97. The molecule has 5 heteroatoms. The average molecular weight is 298 g/mol. The van der Waals surface area contributed by atoms with Crippen molar-refractivity contribution < 1.29 is 0 Å². The van der Waals surface area contributed by atoms with Gasteiger partial charge >= 0.3 is 0 Å². The fourth-order valence-electron chi connectivity index (χ4n) is 1.34. The first-order chi connectivity index (χ1) is 7.65. The van der Waals surface area contributed by atoms with Gasteiger partial charge in [0, 0.05) is 10.9 Å². The van der Waals surface area contributed by atoms with Crippen LogP contribution in [0.25, 0.3) is 0 Å². The molecule has 0 saturated carbocycles. The highest BCUT2D eigenvalue weighted by Crippen LogP contribution is 2.20. The van der Waals surface area contributed by atoms with Gasteiger partial charge in [0.2, 0.25) is 0 Å². The minimum atomic E-state index is -0.0336. The monoisotopic (exact) mass is 297 g/mol. The molecular formula is C11H12BrN3S. The Bertz CT molecular complexity index is 482. The zero-order valence-electron chi connectivity index (χ0n) is 8.85. The van der Waals surface area contributed by atoms with E-state index in [4.69, 9.17) is 5.73 Å². The van der Waals surface area contributed by atoms with Gasteiger partial charge in [0.15, 0.2) is 0 Å². The fraction of sp³-hybridized carbons (Fsp3) is 0.273. The summed E-state index contributed by atoms with van der Waals surface area (Å²) >= 11 is 5.03. The van der Waals surface area contributed by atoms with Crippen molar-refractivity contribution in [3.63, 3.8) is 0 Å². The summed E-state index contributed by atoms with van der Waals surface area (Å²) in [6.45, 7) is 1.92. The Balaban J connectivity index is 2.14. The second kappa shape index (κ2) is 5.03. The van der Waals surface area contributed by atoms with Crippen LogP contribution in [0, 0.1) is 0 Å². The van der Waals surface area contributed by atoms with E-state index in [0.717, 1.165) is 20.9 Å². The number of rotatable bonds is 3. The van der Waals surface area contributed by atoms with E-state index in [0.29, 0.717) is 0 Å². The minimum Gasteiger partial charge on any atom is -0.322 e. The van der Waals surface area contributed by atoms with Crippen molar-refractivity contribution in [2.45, 2.75) is 19.4 Å². The van der Waals surface area contributed by atoms with Crippen LogP contribution in [0.2, 0.25) is 0 Å². The Morgan fingerprint density at radius 3 is 2.88 bits per heavy atom. The molecule has 1 unspecified atom stereocenters. The van der Waals surface area contributed by atoms with Crippen LogP contribution in [0.5, 0.6) is 0 Å². The summed E-state index contributed by atoms with van der Waals surface area (Å²) in [5, 5.41) is 10.1. The fourth-order valence-corrected chi connectivity index (χ4v) is 2.62. The molecule has 0 bridgehead atoms. The Morgan fingerprint density at radius 1 is 1.44 bits per heavy atom. The molecule has 0 aliphatic rings. The standard InChI is InChI=1S/C11H12BrN3S/c1-7(13)11-15-14-10(16-11)6-8-3-2-4-9(12)5-8/h2-5,7H,6,13H2,1H3. The Kier molecular flexibility index (Phi) is 3.68. The Hall–Kier alpha value is -0.780. The van der Waals surface area contributed by atoms with E-state index in [2.05, 4.69) is 38.3 Å². The van der Waals surface area contributed by atoms with Gasteiger partial charge in [-0.1, -0.05) is 39.4 Å². The van der Waals surface area contributed by atoms with E-state index in [1.807, 2.05) is 19.1 Å². The van der Waals surface area contributed by atoms with Gasteiger partial charge in [-0.05, 0) is 24.6 Å². The molecule has 2 rings (SSSR count). The summed E-state index contributed by atoms with van der Waals surface area (Å²) in [7, 11) is 0. The van der Waals surface area contributed by atoms with Crippen LogP contribution in [0.4, 0.5) is 0 Å².